The summed E-state index contributed by atoms with van der Waals surface area (Å²) < 4.78 is 67.7. The maximum atomic E-state index is 11.3. The summed E-state index contributed by atoms with van der Waals surface area (Å²) >= 11 is 0. The van der Waals surface area contributed by atoms with Crippen LogP contribution in [0.15, 0.2) is 127 Å². The molecular formula is C36H28CaN6O12S2. The van der Waals surface area contributed by atoms with Gasteiger partial charge < -0.3 is 19.3 Å². The van der Waals surface area contributed by atoms with E-state index < -0.39 is 39.9 Å². The Bertz CT molecular complexity index is 2640. The van der Waals surface area contributed by atoms with Gasteiger partial charge in [-0.2, -0.15) is 10.2 Å². The van der Waals surface area contributed by atoms with E-state index in [1.165, 1.54) is 48.5 Å². The van der Waals surface area contributed by atoms with Gasteiger partial charge in [-0.3, -0.25) is 20.2 Å². The van der Waals surface area contributed by atoms with Gasteiger partial charge in [-0.15, -0.1) is 10.2 Å². The van der Waals surface area contributed by atoms with Crippen LogP contribution in [0.25, 0.3) is 21.5 Å². The Morgan fingerprint density at radius 2 is 0.895 bits per heavy atom. The number of azo groups is 2. The molecule has 0 spiro atoms. The number of nitro benzene ring substituents is 2. The summed E-state index contributed by atoms with van der Waals surface area (Å²) in [5, 5.41) is 59.8. The van der Waals surface area contributed by atoms with Crippen LogP contribution in [0, 0.1) is 20.2 Å². The molecule has 0 bridgehead atoms. The SMILES string of the molecule is CCc1ccc(N=Nc2c(O)ccc3ccc(S(=O)(=O)[O-])cc23)cc1[N+](=O)[O-].CCc1ccc(N=Nc2c(O)ccc3ccc(S(=O)(=O)[O-])cc23)cc1[N+](=O)[O-].[Ca+2]. The number of phenolic OH excluding ortho intramolecular Hbond substituents is 2. The first-order valence-corrected chi connectivity index (χ1v) is 19.0. The number of aromatic hydroxyl groups is 2. The van der Waals surface area contributed by atoms with E-state index in [4.69, 9.17) is 0 Å². The third kappa shape index (κ3) is 10.5. The van der Waals surface area contributed by atoms with E-state index in [0.29, 0.717) is 34.7 Å². The van der Waals surface area contributed by atoms with Crippen molar-refractivity contribution in [1.29, 1.82) is 0 Å². The quantitative estimate of drug-likeness (QED) is 0.0433. The number of aryl methyl sites for hydroxylation is 2. The summed E-state index contributed by atoms with van der Waals surface area (Å²) in [6, 6.07) is 21.9. The van der Waals surface area contributed by atoms with Crippen LogP contribution in [0.1, 0.15) is 25.0 Å². The summed E-state index contributed by atoms with van der Waals surface area (Å²) in [6.45, 7) is 3.58. The van der Waals surface area contributed by atoms with E-state index >= 15 is 0 Å². The van der Waals surface area contributed by atoms with Gasteiger partial charge in [0.05, 0.1) is 31.0 Å². The van der Waals surface area contributed by atoms with Gasteiger partial charge in [0.25, 0.3) is 11.4 Å². The third-order valence-electron chi connectivity index (χ3n) is 8.29. The van der Waals surface area contributed by atoms with E-state index in [-0.39, 0.29) is 94.1 Å². The fraction of sp³-hybridized carbons (Fsp3) is 0.111. The van der Waals surface area contributed by atoms with Gasteiger partial charge in [0.15, 0.2) is 0 Å². The van der Waals surface area contributed by atoms with Crippen molar-refractivity contribution in [2.24, 2.45) is 20.5 Å². The molecule has 0 radical (unpaired) electrons. The van der Waals surface area contributed by atoms with Crippen molar-refractivity contribution in [3.63, 3.8) is 0 Å². The molecule has 0 aliphatic rings. The van der Waals surface area contributed by atoms with Crippen LogP contribution in [-0.4, -0.2) is 83.7 Å². The Morgan fingerprint density at radius 3 is 1.21 bits per heavy atom. The van der Waals surface area contributed by atoms with Crippen LogP contribution in [-0.2, 0) is 33.1 Å². The number of nitrogens with zero attached hydrogens (tertiary/aromatic N) is 6. The predicted octanol–water partition coefficient (Wildman–Crippen LogP) is 8.29. The van der Waals surface area contributed by atoms with E-state index in [1.807, 2.05) is 0 Å². The number of nitro groups is 2. The Hall–Kier alpha value is -5.48. The van der Waals surface area contributed by atoms with E-state index in [9.17, 15) is 56.4 Å². The molecule has 21 heteroatoms. The molecule has 0 heterocycles. The molecule has 0 atom stereocenters. The number of phenols is 2. The maximum Gasteiger partial charge on any atom is 2.00 e. The molecule has 57 heavy (non-hydrogen) atoms. The molecule has 0 unspecified atom stereocenters. The monoisotopic (exact) mass is 840 g/mol. The largest absolute Gasteiger partial charge is 2.00 e. The van der Waals surface area contributed by atoms with Crippen molar-refractivity contribution in [2.45, 2.75) is 36.5 Å². The predicted molar refractivity (Wildman–Crippen MR) is 206 cm³/mol. The summed E-state index contributed by atoms with van der Waals surface area (Å²) in [6.07, 6.45) is 0.953. The van der Waals surface area contributed by atoms with Gasteiger partial charge >= 0.3 is 37.7 Å². The molecule has 2 N–H and O–H groups in total. The molecule has 288 valence electrons. The minimum atomic E-state index is -4.69. The average Bonchev–Trinajstić information content (AvgIpc) is 3.16. The van der Waals surface area contributed by atoms with Crippen molar-refractivity contribution in [3.8, 4) is 11.5 Å². The summed E-state index contributed by atoms with van der Waals surface area (Å²) in [5.74, 6) is -0.562. The number of hydrogen-bond donors (Lipinski definition) is 2. The summed E-state index contributed by atoms with van der Waals surface area (Å²) in [7, 11) is -9.39. The Balaban J connectivity index is 0.000000248. The number of fused-ring (bicyclic) bond motifs is 2. The number of rotatable bonds is 10. The normalized spacial score (nSPS) is 11.7. The minimum Gasteiger partial charge on any atom is -0.744 e. The van der Waals surface area contributed by atoms with Gasteiger partial charge in [-0.1, -0.05) is 38.1 Å². The topological polar surface area (TPSA) is 291 Å². The van der Waals surface area contributed by atoms with Gasteiger partial charge in [0.1, 0.15) is 43.1 Å². The van der Waals surface area contributed by atoms with Crippen molar-refractivity contribution >= 4 is 114 Å². The summed E-state index contributed by atoms with van der Waals surface area (Å²) in [5.41, 5.74) is 1.17. The molecule has 0 aliphatic heterocycles. The zero-order valence-electron chi connectivity index (χ0n) is 29.8. The number of benzene rings is 6. The molecule has 0 saturated heterocycles. The number of hydrogen-bond acceptors (Lipinski definition) is 16. The molecule has 6 aromatic rings. The molecule has 18 nitrogen and oxygen atoms in total. The zero-order chi connectivity index (χ0) is 40.9. The Morgan fingerprint density at radius 1 is 0.544 bits per heavy atom. The molecule has 0 amide bonds. The van der Waals surface area contributed by atoms with E-state index in [0.717, 1.165) is 24.3 Å². The van der Waals surface area contributed by atoms with Gasteiger partial charge in [0, 0.05) is 34.0 Å². The van der Waals surface area contributed by atoms with Crippen molar-refractivity contribution in [2.75, 3.05) is 0 Å². The van der Waals surface area contributed by atoms with Crippen LogP contribution in [0.4, 0.5) is 34.1 Å². The molecule has 0 saturated carbocycles. The van der Waals surface area contributed by atoms with Crippen molar-refractivity contribution < 1.29 is 46.0 Å². The molecule has 0 aromatic heterocycles. The van der Waals surface area contributed by atoms with Gasteiger partial charge in [-0.05, 0) is 84.3 Å². The zero-order valence-corrected chi connectivity index (χ0v) is 33.7. The fourth-order valence-corrected chi connectivity index (χ4v) is 6.44. The van der Waals surface area contributed by atoms with Crippen molar-refractivity contribution in [3.05, 3.63) is 128 Å². The van der Waals surface area contributed by atoms with E-state index in [1.54, 1.807) is 38.1 Å². The van der Waals surface area contributed by atoms with E-state index in [2.05, 4.69) is 20.5 Å². The van der Waals surface area contributed by atoms with Crippen LogP contribution in [0.2, 0.25) is 0 Å². The second-order valence-electron chi connectivity index (χ2n) is 11.8. The second-order valence-corrected chi connectivity index (χ2v) is 14.5. The fourth-order valence-electron chi connectivity index (χ4n) is 5.45. The maximum absolute atomic E-state index is 11.3. The molecule has 6 aromatic carbocycles. The average molecular weight is 841 g/mol. The first-order chi connectivity index (χ1) is 26.4. The standard InChI is InChI=1S/2C18H15N3O6S.Ca/c2*1-2-11-3-6-13(9-16(11)21(23)24)19-20-18-15-10-14(28(25,26)27)7-4-12(15)5-8-17(18)22;/h2*3-10,22H,2H2,1H3,(H,25,26,27);/q;;+2/p-2. The molecule has 0 fully saturated rings. The van der Waals surface area contributed by atoms with Gasteiger partial charge in [0.2, 0.25) is 0 Å². The third-order valence-corrected chi connectivity index (χ3v) is 9.95. The molecule has 0 aliphatic carbocycles. The molecular weight excluding hydrogens is 813 g/mol. The smallest absolute Gasteiger partial charge is 0.744 e. The first kappa shape index (κ1) is 44.2. The van der Waals surface area contributed by atoms with Gasteiger partial charge in [-0.25, -0.2) is 16.8 Å². The second kappa shape index (κ2) is 18.2. The summed E-state index contributed by atoms with van der Waals surface area (Å²) in [4.78, 5) is 20.4. The van der Waals surface area contributed by atoms with Crippen LogP contribution in [0.3, 0.4) is 0 Å². The molecule has 6 rings (SSSR count). The Labute approximate surface area is 354 Å². The Kier molecular flexibility index (Phi) is 14.1. The van der Waals surface area contributed by atoms with Crippen LogP contribution < -0.4 is 0 Å². The van der Waals surface area contributed by atoms with Crippen molar-refractivity contribution in [1.82, 2.24) is 0 Å². The van der Waals surface area contributed by atoms with Crippen LogP contribution >= 0.6 is 0 Å². The van der Waals surface area contributed by atoms with Crippen LogP contribution in [0.5, 0.6) is 11.5 Å². The first-order valence-electron chi connectivity index (χ1n) is 16.2. The minimum absolute atomic E-state index is 0.